The van der Waals surface area contributed by atoms with Crippen LogP contribution in [0.3, 0.4) is 0 Å². The minimum Gasteiger partial charge on any atom is -0.354 e. The molecule has 0 radical (unpaired) electrons. The van der Waals surface area contributed by atoms with Crippen LogP contribution in [0.1, 0.15) is 25.0 Å². The van der Waals surface area contributed by atoms with Crippen molar-refractivity contribution in [3.05, 3.63) is 98.9 Å². The molecule has 0 saturated carbocycles. The van der Waals surface area contributed by atoms with Gasteiger partial charge in [0.2, 0.25) is 21.8 Å². The minimum atomic E-state index is -3.82. The van der Waals surface area contributed by atoms with Crippen molar-refractivity contribution in [2.24, 2.45) is 5.92 Å². The SMILES string of the molecule is CC(C)CNC(=O)[C@H](Cc1ccccc1)N(Cc1ccc(Br)cc1)C(=O)CN(c1ccccc1Br)S(C)(=O)=O. The highest BCUT2D eigenvalue weighted by atomic mass is 79.9. The maximum Gasteiger partial charge on any atom is 0.244 e. The van der Waals surface area contributed by atoms with Crippen molar-refractivity contribution in [3.63, 3.8) is 0 Å². The van der Waals surface area contributed by atoms with Gasteiger partial charge < -0.3 is 10.2 Å². The van der Waals surface area contributed by atoms with Crippen molar-refractivity contribution in [1.29, 1.82) is 0 Å². The molecule has 0 fully saturated rings. The van der Waals surface area contributed by atoms with Gasteiger partial charge in [0, 0.05) is 28.5 Å². The molecule has 39 heavy (non-hydrogen) atoms. The Hall–Kier alpha value is -2.69. The fourth-order valence-electron chi connectivity index (χ4n) is 4.01. The number of carbonyl (C=O) groups excluding carboxylic acids is 2. The lowest BCUT2D eigenvalue weighted by Crippen LogP contribution is -2.53. The molecule has 0 aliphatic carbocycles. The molecule has 0 saturated heterocycles. The third-order valence-electron chi connectivity index (χ3n) is 6.02. The summed E-state index contributed by atoms with van der Waals surface area (Å²) < 4.78 is 28.2. The molecule has 0 aromatic heterocycles. The van der Waals surface area contributed by atoms with Gasteiger partial charge in [-0.3, -0.25) is 13.9 Å². The van der Waals surface area contributed by atoms with Gasteiger partial charge in [-0.25, -0.2) is 8.42 Å². The lowest BCUT2D eigenvalue weighted by molar-refractivity contribution is -0.140. The van der Waals surface area contributed by atoms with Gasteiger partial charge >= 0.3 is 0 Å². The lowest BCUT2D eigenvalue weighted by Gasteiger charge is -2.34. The number of anilines is 1. The molecule has 10 heteroatoms. The summed E-state index contributed by atoms with van der Waals surface area (Å²) in [7, 11) is -3.82. The Kier molecular flexibility index (Phi) is 11.1. The van der Waals surface area contributed by atoms with E-state index >= 15 is 0 Å². The zero-order chi connectivity index (χ0) is 28.6. The first-order valence-electron chi connectivity index (χ1n) is 12.5. The maximum atomic E-state index is 14.0. The molecule has 3 aromatic rings. The second kappa shape index (κ2) is 14.1. The summed E-state index contributed by atoms with van der Waals surface area (Å²) in [5, 5.41) is 2.98. The van der Waals surface area contributed by atoms with E-state index in [-0.39, 0.29) is 24.8 Å². The number of para-hydroxylation sites is 1. The molecule has 2 amide bonds. The van der Waals surface area contributed by atoms with Gasteiger partial charge in [0.1, 0.15) is 12.6 Å². The number of carbonyl (C=O) groups is 2. The predicted octanol–water partition coefficient (Wildman–Crippen LogP) is 5.39. The second-order valence-electron chi connectivity index (χ2n) is 9.71. The number of rotatable bonds is 12. The Morgan fingerprint density at radius 3 is 2.08 bits per heavy atom. The van der Waals surface area contributed by atoms with Crippen LogP contribution in [0.4, 0.5) is 5.69 Å². The van der Waals surface area contributed by atoms with Gasteiger partial charge in [-0.15, -0.1) is 0 Å². The molecule has 3 rings (SSSR count). The highest BCUT2D eigenvalue weighted by Crippen LogP contribution is 2.28. The summed E-state index contributed by atoms with van der Waals surface area (Å²) in [4.78, 5) is 29.1. The summed E-state index contributed by atoms with van der Waals surface area (Å²) in [6.07, 6.45) is 1.34. The zero-order valence-electron chi connectivity index (χ0n) is 22.2. The van der Waals surface area contributed by atoms with Gasteiger partial charge in [-0.2, -0.15) is 0 Å². The Balaban J connectivity index is 2.05. The molecule has 0 bridgehead atoms. The van der Waals surface area contributed by atoms with Crippen LogP contribution in [-0.4, -0.2) is 50.5 Å². The van der Waals surface area contributed by atoms with Crippen LogP contribution >= 0.6 is 31.9 Å². The molecule has 7 nitrogen and oxygen atoms in total. The maximum absolute atomic E-state index is 14.0. The molecular formula is C29H33Br2N3O4S. The Morgan fingerprint density at radius 2 is 1.49 bits per heavy atom. The second-order valence-corrected chi connectivity index (χ2v) is 13.4. The van der Waals surface area contributed by atoms with E-state index < -0.39 is 28.5 Å². The standard InChI is InChI=1S/C29H33Br2N3O4S/c1-21(2)18-32-29(36)27(17-22-9-5-4-6-10-22)33(19-23-13-15-24(30)16-14-23)28(35)20-34(39(3,37)38)26-12-8-7-11-25(26)31/h4-16,21,27H,17-20H2,1-3H3,(H,32,36)/t27-/m0/s1. The van der Waals surface area contributed by atoms with Crippen LogP contribution < -0.4 is 9.62 Å². The number of hydrogen-bond donors (Lipinski definition) is 1. The summed E-state index contributed by atoms with van der Waals surface area (Å²) in [5.74, 6) is -0.553. The molecule has 1 atom stereocenters. The summed E-state index contributed by atoms with van der Waals surface area (Å²) in [6, 6.07) is 22.9. The van der Waals surface area contributed by atoms with Crippen molar-refractivity contribution < 1.29 is 18.0 Å². The molecule has 0 aliphatic rings. The summed E-state index contributed by atoms with van der Waals surface area (Å²) in [6.45, 7) is 4.13. The average molecular weight is 679 g/mol. The van der Waals surface area contributed by atoms with E-state index in [9.17, 15) is 18.0 Å². The van der Waals surface area contributed by atoms with Crippen LogP contribution in [0.15, 0.2) is 87.8 Å². The molecule has 0 unspecified atom stereocenters. The number of sulfonamides is 1. The van der Waals surface area contributed by atoms with Gasteiger partial charge in [0.05, 0.1) is 11.9 Å². The third kappa shape index (κ3) is 9.19. The lowest BCUT2D eigenvalue weighted by atomic mass is 10.0. The van der Waals surface area contributed by atoms with Gasteiger partial charge in [-0.05, 0) is 57.2 Å². The van der Waals surface area contributed by atoms with Crippen molar-refractivity contribution in [3.8, 4) is 0 Å². The number of nitrogens with zero attached hydrogens (tertiary/aromatic N) is 2. The van der Waals surface area contributed by atoms with E-state index in [0.717, 1.165) is 26.2 Å². The number of amides is 2. The molecule has 0 heterocycles. The van der Waals surface area contributed by atoms with Crippen molar-refractivity contribution in [1.82, 2.24) is 10.2 Å². The van der Waals surface area contributed by atoms with Crippen molar-refractivity contribution >= 4 is 59.4 Å². The largest absolute Gasteiger partial charge is 0.354 e. The van der Waals surface area contributed by atoms with Crippen LogP contribution in [0.5, 0.6) is 0 Å². The number of nitrogens with one attached hydrogen (secondary N) is 1. The normalized spacial score (nSPS) is 12.2. The van der Waals surface area contributed by atoms with E-state index in [1.807, 2.05) is 68.4 Å². The first-order chi connectivity index (χ1) is 18.5. The van der Waals surface area contributed by atoms with Gasteiger partial charge in [0.15, 0.2) is 0 Å². The van der Waals surface area contributed by atoms with Crippen LogP contribution in [-0.2, 0) is 32.6 Å². The Labute approximate surface area is 247 Å². The molecule has 3 aromatic carbocycles. The number of benzene rings is 3. The Bertz CT molecular complexity index is 1370. The fourth-order valence-corrected chi connectivity index (χ4v) is 5.75. The monoisotopic (exact) mass is 677 g/mol. The predicted molar refractivity (Wildman–Crippen MR) is 163 cm³/mol. The first kappa shape index (κ1) is 30.8. The molecule has 0 aliphatic heterocycles. The van der Waals surface area contributed by atoms with E-state index in [2.05, 4.69) is 37.2 Å². The highest BCUT2D eigenvalue weighted by molar-refractivity contribution is 9.10. The van der Waals surface area contributed by atoms with E-state index in [1.165, 1.54) is 4.90 Å². The number of hydrogen-bond acceptors (Lipinski definition) is 4. The fraction of sp³-hybridized carbons (Fsp3) is 0.310. The van der Waals surface area contributed by atoms with E-state index in [0.29, 0.717) is 16.7 Å². The quantitative estimate of drug-likeness (QED) is 0.278. The minimum absolute atomic E-state index is 0.131. The molecule has 1 N–H and O–H groups in total. The van der Waals surface area contributed by atoms with E-state index in [4.69, 9.17) is 0 Å². The number of halogens is 2. The van der Waals surface area contributed by atoms with Crippen LogP contribution in [0.25, 0.3) is 0 Å². The highest BCUT2D eigenvalue weighted by Gasteiger charge is 2.33. The summed E-state index contributed by atoms with van der Waals surface area (Å²) in [5.41, 5.74) is 2.05. The molecule has 0 spiro atoms. The third-order valence-corrected chi connectivity index (χ3v) is 8.35. The first-order valence-corrected chi connectivity index (χ1v) is 16.0. The average Bonchev–Trinajstić information content (AvgIpc) is 2.89. The van der Waals surface area contributed by atoms with Crippen molar-refractivity contribution in [2.75, 3.05) is 23.7 Å². The smallest absolute Gasteiger partial charge is 0.244 e. The summed E-state index contributed by atoms with van der Waals surface area (Å²) >= 11 is 6.84. The van der Waals surface area contributed by atoms with Crippen LogP contribution in [0.2, 0.25) is 0 Å². The molecule has 208 valence electrons. The van der Waals surface area contributed by atoms with Crippen LogP contribution in [0, 0.1) is 5.92 Å². The Morgan fingerprint density at radius 1 is 0.872 bits per heavy atom. The van der Waals surface area contributed by atoms with Gasteiger partial charge in [0.25, 0.3) is 0 Å². The topological polar surface area (TPSA) is 86.8 Å². The van der Waals surface area contributed by atoms with Crippen molar-refractivity contribution in [2.45, 2.75) is 32.9 Å². The zero-order valence-corrected chi connectivity index (χ0v) is 26.2. The van der Waals surface area contributed by atoms with Gasteiger partial charge in [-0.1, -0.05) is 84.4 Å². The van der Waals surface area contributed by atoms with E-state index in [1.54, 1.807) is 24.3 Å². The molecular weight excluding hydrogens is 646 g/mol.